The molecule has 0 unspecified atom stereocenters. The Bertz CT molecular complexity index is 1320. The number of anilines is 1. The summed E-state index contributed by atoms with van der Waals surface area (Å²) in [4.78, 5) is 34.9. The van der Waals surface area contributed by atoms with E-state index in [4.69, 9.17) is 0 Å². The highest BCUT2D eigenvalue weighted by Gasteiger charge is 2.31. The maximum Gasteiger partial charge on any atom is 0.573 e. The Morgan fingerprint density at radius 3 is 2.47 bits per heavy atom. The van der Waals surface area contributed by atoms with Crippen LogP contribution in [0.2, 0.25) is 0 Å². The predicted molar refractivity (Wildman–Crippen MR) is 107 cm³/mol. The van der Waals surface area contributed by atoms with Crippen molar-refractivity contribution in [2.24, 2.45) is 0 Å². The first-order valence-electron chi connectivity index (χ1n) is 9.04. The van der Waals surface area contributed by atoms with E-state index in [1.165, 1.54) is 36.7 Å². The molecule has 4 aromatic rings. The summed E-state index contributed by atoms with van der Waals surface area (Å²) in [6.07, 6.45) is -2.02. The summed E-state index contributed by atoms with van der Waals surface area (Å²) in [5, 5.41) is 11.8. The van der Waals surface area contributed by atoms with Crippen LogP contribution >= 0.6 is 0 Å². The van der Waals surface area contributed by atoms with Crippen molar-refractivity contribution in [3.63, 3.8) is 0 Å². The van der Waals surface area contributed by atoms with E-state index in [1.54, 1.807) is 12.1 Å². The molecule has 3 N–H and O–H groups in total. The molecule has 0 spiro atoms. The number of carboxylic acid groups (broad SMARTS) is 1. The monoisotopic (exact) mass is 442 g/mol. The number of para-hydroxylation sites is 1. The van der Waals surface area contributed by atoms with Crippen LogP contribution in [0.3, 0.4) is 0 Å². The van der Waals surface area contributed by atoms with E-state index in [9.17, 15) is 27.9 Å². The lowest BCUT2D eigenvalue weighted by Crippen LogP contribution is -2.16. The number of carboxylic acids is 1. The molecule has 0 atom stereocenters. The van der Waals surface area contributed by atoms with Crippen LogP contribution in [-0.4, -0.2) is 38.3 Å². The third kappa shape index (κ3) is 4.51. The van der Waals surface area contributed by atoms with Gasteiger partial charge >= 0.3 is 12.3 Å². The van der Waals surface area contributed by atoms with Crippen molar-refractivity contribution in [3.8, 4) is 16.9 Å². The van der Waals surface area contributed by atoms with Gasteiger partial charge in [0, 0.05) is 18.0 Å². The van der Waals surface area contributed by atoms with Gasteiger partial charge in [-0.1, -0.05) is 18.2 Å². The molecule has 8 nitrogen and oxygen atoms in total. The zero-order valence-corrected chi connectivity index (χ0v) is 16.0. The molecule has 32 heavy (non-hydrogen) atoms. The Kier molecular flexibility index (Phi) is 5.23. The normalized spacial score (nSPS) is 11.3. The van der Waals surface area contributed by atoms with E-state index in [0.29, 0.717) is 16.6 Å². The number of rotatable bonds is 5. The van der Waals surface area contributed by atoms with Crippen LogP contribution in [0.4, 0.5) is 19.1 Å². The summed E-state index contributed by atoms with van der Waals surface area (Å²) in [7, 11) is 0. The number of aromatic nitrogens is 3. The van der Waals surface area contributed by atoms with Crippen molar-refractivity contribution >= 4 is 28.9 Å². The maximum atomic E-state index is 12.6. The minimum absolute atomic E-state index is 0.0131. The standard InChI is InChI=1S/C21H13F3N4O4/c22-21(23,24)32-14-6-4-11(5-7-14)12-8-13(10-25-9-12)18(29)28-20-26-16-3-1-2-15(19(30)31)17(16)27-20/h1-10H,(H,30,31)(H2,26,27,28,29). The van der Waals surface area contributed by atoms with Crippen molar-refractivity contribution in [2.45, 2.75) is 6.36 Å². The number of aromatic carboxylic acids is 1. The van der Waals surface area contributed by atoms with E-state index in [1.807, 2.05) is 0 Å². The van der Waals surface area contributed by atoms with Gasteiger partial charge in [0.2, 0.25) is 5.95 Å². The first-order chi connectivity index (χ1) is 15.2. The number of imidazole rings is 1. The highest BCUT2D eigenvalue weighted by molar-refractivity contribution is 6.06. The molecule has 0 aliphatic carbocycles. The van der Waals surface area contributed by atoms with Gasteiger partial charge in [-0.3, -0.25) is 15.1 Å². The van der Waals surface area contributed by atoms with Crippen LogP contribution in [-0.2, 0) is 0 Å². The third-order valence-corrected chi connectivity index (χ3v) is 4.40. The van der Waals surface area contributed by atoms with Crippen LogP contribution in [0.5, 0.6) is 5.75 Å². The molecule has 0 radical (unpaired) electrons. The van der Waals surface area contributed by atoms with Gasteiger partial charge in [0.15, 0.2) is 0 Å². The molecule has 2 heterocycles. The first-order valence-corrected chi connectivity index (χ1v) is 9.04. The topological polar surface area (TPSA) is 117 Å². The number of nitrogens with one attached hydrogen (secondary N) is 2. The van der Waals surface area contributed by atoms with Crippen LogP contribution in [0, 0.1) is 0 Å². The third-order valence-electron chi connectivity index (χ3n) is 4.40. The number of aromatic amines is 1. The quantitative estimate of drug-likeness (QED) is 0.420. The Morgan fingerprint density at radius 2 is 1.78 bits per heavy atom. The summed E-state index contributed by atoms with van der Waals surface area (Å²) >= 11 is 0. The van der Waals surface area contributed by atoms with Gasteiger partial charge in [0.1, 0.15) is 11.3 Å². The number of benzene rings is 2. The van der Waals surface area contributed by atoms with E-state index in [2.05, 4.69) is 25.0 Å². The average molecular weight is 442 g/mol. The first kappa shape index (κ1) is 20.8. The molecule has 0 fully saturated rings. The second-order valence-corrected chi connectivity index (χ2v) is 6.58. The second kappa shape index (κ2) is 8.02. The number of fused-ring (bicyclic) bond motifs is 1. The largest absolute Gasteiger partial charge is 0.573 e. The fraction of sp³-hybridized carbons (Fsp3) is 0.0476. The number of carbonyl (C=O) groups excluding carboxylic acids is 1. The van der Waals surface area contributed by atoms with Crippen molar-refractivity contribution in [3.05, 3.63) is 72.1 Å². The van der Waals surface area contributed by atoms with Gasteiger partial charge in [-0.2, -0.15) is 0 Å². The molecular weight excluding hydrogens is 429 g/mol. The molecule has 4 rings (SSSR count). The van der Waals surface area contributed by atoms with E-state index in [0.717, 1.165) is 12.1 Å². The molecule has 0 saturated carbocycles. The maximum absolute atomic E-state index is 12.6. The van der Waals surface area contributed by atoms with E-state index < -0.39 is 18.2 Å². The molecule has 0 saturated heterocycles. The highest BCUT2D eigenvalue weighted by atomic mass is 19.4. The number of hydrogen-bond acceptors (Lipinski definition) is 5. The van der Waals surface area contributed by atoms with Crippen molar-refractivity contribution < 1.29 is 32.6 Å². The number of H-pyrrole nitrogens is 1. The molecule has 11 heteroatoms. The van der Waals surface area contributed by atoms with E-state index in [-0.39, 0.29) is 28.3 Å². The van der Waals surface area contributed by atoms with Gasteiger partial charge in [-0.15, -0.1) is 13.2 Å². The Balaban J connectivity index is 1.55. The lowest BCUT2D eigenvalue weighted by atomic mass is 10.1. The highest BCUT2D eigenvalue weighted by Crippen LogP contribution is 2.27. The summed E-state index contributed by atoms with van der Waals surface area (Å²) in [5.41, 5.74) is 1.81. The SMILES string of the molecule is O=C(Nc1nc2c(C(=O)O)cccc2[nH]1)c1cncc(-c2ccc(OC(F)(F)F)cc2)c1. The van der Waals surface area contributed by atoms with Crippen molar-refractivity contribution in [1.82, 2.24) is 15.0 Å². The summed E-state index contributed by atoms with van der Waals surface area (Å²) in [5.74, 6) is -2.03. The van der Waals surface area contributed by atoms with Gasteiger partial charge in [-0.05, 0) is 35.9 Å². The van der Waals surface area contributed by atoms with E-state index >= 15 is 0 Å². The zero-order valence-electron chi connectivity index (χ0n) is 16.0. The number of amides is 1. The van der Waals surface area contributed by atoms with Crippen molar-refractivity contribution in [1.29, 1.82) is 0 Å². The van der Waals surface area contributed by atoms with Crippen LogP contribution in [0.15, 0.2) is 60.9 Å². The fourth-order valence-corrected chi connectivity index (χ4v) is 3.01. The number of pyridine rings is 1. The molecule has 0 aliphatic heterocycles. The Morgan fingerprint density at radius 1 is 1.03 bits per heavy atom. The van der Waals surface area contributed by atoms with Crippen molar-refractivity contribution in [2.75, 3.05) is 5.32 Å². The lowest BCUT2D eigenvalue weighted by molar-refractivity contribution is -0.274. The number of ether oxygens (including phenoxy) is 1. The number of halogens is 3. The molecule has 2 aromatic carbocycles. The summed E-state index contributed by atoms with van der Waals surface area (Å²) in [6.45, 7) is 0. The summed E-state index contributed by atoms with van der Waals surface area (Å²) < 4.78 is 40.7. The minimum atomic E-state index is -4.79. The molecule has 0 aliphatic rings. The number of alkyl halides is 3. The van der Waals surface area contributed by atoms with Gasteiger partial charge in [0.25, 0.3) is 5.91 Å². The molecule has 1 amide bonds. The van der Waals surface area contributed by atoms with Gasteiger partial charge in [0.05, 0.1) is 16.6 Å². The molecule has 0 bridgehead atoms. The van der Waals surface area contributed by atoms with Crippen LogP contribution in [0.25, 0.3) is 22.2 Å². The smallest absolute Gasteiger partial charge is 0.478 e. The Hall–Kier alpha value is -4.41. The average Bonchev–Trinajstić information content (AvgIpc) is 3.15. The zero-order chi connectivity index (χ0) is 22.9. The fourth-order valence-electron chi connectivity index (χ4n) is 3.01. The lowest BCUT2D eigenvalue weighted by Gasteiger charge is -2.09. The molecular formula is C21H13F3N4O4. The van der Waals surface area contributed by atoms with Gasteiger partial charge in [-0.25, -0.2) is 9.78 Å². The number of carbonyl (C=O) groups is 2. The summed E-state index contributed by atoms with van der Waals surface area (Å²) in [6, 6.07) is 11.2. The second-order valence-electron chi connectivity index (χ2n) is 6.58. The van der Waals surface area contributed by atoms with Gasteiger partial charge < -0.3 is 14.8 Å². The van der Waals surface area contributed by atoms with Crippen LogP contribution in [0.1, 0.15) is 20.7 Å². The molecule has 162 valence electrons. The number of hydrogen-bond donors (Lipinski definition) is 3. The van der Waals surface area contributed by atoms with Crippen LogP contribution < -0.4 is 10.1 Å². The molecule has 2 aromatic heterocycles. The number of nitrogens with zero attached hydrogens (tertiary/aromatic N) is 2. The Labute approximate surface area is 177 Å². The minimum Gasteiger partial charge on any atom is -0.478 e. The predicted octanol–water partition coefficient (Wildman–Crippen LogP) is 4.47.